The smallest absolute Gasteiger partial charge is 0.263 e. The molecule has 0 bridgehead atoms. The maximum Gasteiger partial charge on any atom is 0.263 e. The van der Waals surface area contributed by atoms with Crippen LogP contribution >= 0.6 is 22.7 Å². The van der Waals surface area contributed by atoms with Gasteiger partial charge in [-0.3, -0.25) is 14.2 Å². The van der Waals surface area contributed by atoms with Gasteiger partial charge in [0.2, 0.25) is 5.91 Å². The number of hydrogen-bond donors (Lipinski definition) is 1. The van der Waals surface area contributed by atoms with Crippen molar-refractivity contribution in [2.24, 2.45) is 0 Å². The number of nitrogens with zero attached hydrogens (tertiary/aromatic N) is 3. The number of carbonyl (C=O) groups excluding carboxylic acids is 1. The molecule has 1 aliphatic rings. The maximum absolute atomic E-state index is 13.3. The number of carbonyl (C=O) groups is 1. The molecule has 5 rings (SSSR count). The highest BCUT2D eigenvalue weighted by Crippen LogP contribution is 2.39. The molecule has 4 aromatic rings. The third kappa shape index (κ3) is 3.73. The summed E-state index contributed by atoms with van der Waals surface area (Å²) in [4.78, 5) is 32.3. The molecule has 0 fully saturated rings. The minimum absolute atomic E-state index is 0.198. The van der Waals surface area contributed by atoms with E-state index in [1.54, 1.807) is 20.3 Å². The van der Waals surface area contributed by atoms with Gasteiger partial charge >= 0.3 is 0 Å². The van der Waals surface area contributed by atoms with E-state index in [2.05, 4.69) is 16.4 Å². The van der Waals surface area contributed by atoms with Crippen LogP contribution in [0.15, 0.2) is 34.7 Å². The van der Waals surface area contributed by atoms with Crippen LogP contribution in [0.4, 0.5) is 5.00 Å². The molecule has 0 aliphatic heterocycles. The summed E-state index contributed by atoms with van der Waals surface area (Å²) >= 11 is 2.81. The number of thiophene rings is 2. The lowest BCUT2D eigenvalue weighted by molar-refractivity contribution is -0.116. The molecule has 1 aromatic carbocycles. The largest absolute Gasteiger partial charge is 0.493 e. The average molecular weight is 493 g/mol. The first kappa shape index (κ1) is 22.1. The van der Waals surface area contributed by atoms with E-state index in [0.29, 0.717) is 32.3 Å². The molecule has 34 heavy (non-hydrogen) atoms. The summed E-state index contributed by atoms with van der Waals surface area (Å²) in [5.41, 5.74) is 2.79. The fourth-order valence-corrected chi connectivity index (χ4v) is 6.39. The molecule has 0 unspecified atom stereocenters. The van der Waals surface area contributed by atoms with Crippen LogP contribution < -0.4 is 20.3 Å². The predicted octanol–water partition coefficient (Wildman–Crippen LogP) is 4.20. The summed E-state index contributed by atoms with van der Waals surface area (Å²) in [6.45, 7) is -0.198. The van der Waals surface area contributed by atoms with E-state index < -0.39 is 0 Å². The van der Waals surface area contributed by atoms with Crippen molar-refractivity contribution in [3.05, 3.63) is 56.3 Å². The van der Waals surface area contributed by atoms with Gasteiger partial charge in [-0.2, -0.15) is 5.26 Å². The summed E-state index contributed by atoms with van der Waals surface area (Å²) in [6.07, 6.45) is 4.22. The number of hydrogen-bond acceptors (Lipinski definition) is 8. The number of nitrogens with one attached hydrogen (secondary N) is 1. The first-order chi connectivity index (χ1) is 16.5. The second-order valence-corrected chi connectivity index (χ2v) is 9.76. The number of methoxy groups -OCH3 is 2. The van der Waals surface area contributed by atoms with Gasteiger partial charge in [0.25, 0.3) is 5.56 Å². The topological polar surface area (TPSA) is 106 Å². The number of aromatic nitrogens is 2. The molecular formula is C24H20N4O4S2. The zero-order chi connectivity index (χ0) is 23.8. The maximum atomic E-state index is 13.3. The highest BCUT2D eigenvalue weighted by molar-refractivity contribution is 7.17. The third-order valence-electron chi connectivity index (χ3n) is 5.86. The molecule has 0 atom stereocenters. The van der Waals surface area contributed by atoms with Gasteiger partial charge in [-0.15, -0.1) is 22.7 Å². The van der Waals surface area contributed by atoms with Crippen molar-refractivity contribution in [1.29, 1.82) is 5.26 Å². The van der Waals surface area contributed by atoms with E-state index in [-0.39, 0.29) is 18.0 Å². The standard InChI is InChI=1S/C24H20N4O4S2/c1-31-17-7-6-13(8-18(17)32-2)16-11-33-23-21(16)24(30)28(12-26-23)10-20(29)27-22-15(9-25)14-4-3-5-19(14)34-22/h6-8,11-12H,3-5,10H2,1-2H3,(H,27,29). The summed E-state index contributed by atoms with van der Waals surface area (Å²) in [5, 5.41) is 15.2. The van der Waals surface area contributed by atoms with E-state index >= 15 is 0 Å². The van der Waals surface area contributed by atoms with E-state index in [1.807, 2.05) is 17.5 Å². The SMILES string of the molecule is COc1ccc(-c2csc3ncn(CC(=O)Nc4sc5c(c4C#N)CCC5)c(=O)c23)cc1OC. The molecule has 1 aliphatic carbocycles. The van der Waals surface area contributed by atoms with Gasteiger partial charge in [0, 0.05) is 15.8 Å². The Hall–Kier alpha value is -3.68. The first-order valence-corrected chi connectivity index (χ1v) is 12.3. The van der Waals surface area contributed by atoms with Crippen molar-refractivity contribution in [2.45, 2.75) is 25.8 Å². The number of benzene rings is 1. The molecule has 0 saturated heterocycles. The Balaban J connectivity index is 1.46. The Kier molecular flexibility index (Phi) is 5.81. The van der Waals surface area contributed by atoms with Crippen LogP contribution in [0.1, 0.15) is 22.4 Å². The first-order valence-electron chi connectivity index (χ1n) is 10.6. The van der Waals surface area contributed by atoms with Crippen LogP contribution in [0.3, 0.4) is 0 Å². The van der Waals surface area contributed by atoms with Gasteiger partial charge in [0.1, 0.15) is 22.4 Å². The average Bonchev–Trinajstić information content (AvgIpc) is 3.55. The van der Waals surface area contributed by atoms with Crippen molar-refractivity contribution in [3.8, 4) is 28.7 Å². The Labute approximate surface area is 203 Å². The lowest BCUT2D eigenvalue weighted by atomic mass is 10.1. The number of amides is 1. The molecule has 0 spiro atoms. The zero-order valence-corrected chi connectivity index (χ0v) is 20.1. The van der Waals surface area contributed by atoms with Crippen molar-refractivity contribution in [1.82, 2.24) is 9.55 Å². The van der Waals surface area contributed by atoms with Crippen LogP contribution in [0.2, 0.25) is 0 Å². The van der Waals surface area contributed by atoms with Crippen LogP contribution in [-0.4, -0.2) is 29.7 Å². The summed E-state index contributed by atoms with van der Waals surface area (Å²) in [6, 6.07) is 7.66. The normalized spacial score (nSPS) is 12.4. The van der Waals surface area contributed by atoms with Gasteiger partial charge in [-0.05, 0) is 42.5 Å². The van der Waals surface area contributed by atoms with E-state index in [4.69, 9.17) is 9.47 Å². The zero-order valence-electron chi connectivity index (χ0n) is 18.5. The molecule has 3 aromatic heterocycles. The van der Waals surface area contributed by atoms with Gasteiger partial charge in [-0.1, -0.05) is 6.07 Å². The van der Waals surface area contributed by atoms with Gasteiger partial charge in [0.15, 0.2) is 11.5 Å². The second kappa shape index (κ2) is 8.93. The highest BCUT2D eigenvalue weighted by atomic mass is 32.1. The second-order valence-electron chi connectivity index (χ2n) is 7.80. The lowest BCUT2D eigenvalue weighted by Crippen LogP contribution is -2.27. The molecular weight excluding hydrogens is 472 g/mol. The Morgan fingerprint density at radius 3 is 2.85 bits per heavy atom. The molecule has 1 amide bonds. The number of ether oxygens (including phenoxy) is 2. The molecule has 0 saturated carbocycles. The van der Waals surface area contributed by atoms with Crippen molar-refractivity contribution >= 4 is 43.8 Å². The van der Waals surface area contributed by atoms with E-state index in [1.165, 1.54) is 33.6 Å². The third-order valence-corrected chi connectivity index (χ3v) is 7.95. The minimum Gasteiger partial charge on any atom is -0.493 e. The van der Waals surface area contributed by atoms with E-state index in [9.17, 15) is 14.9 Å². The number of rotatable bonds is 6. The van der Waals surface area contributed by atoms with Gasteiger partial charge in [0.05, 0.1) is 31.5 Å². The van der Waals surface area contributed by atoms with Crippen LogP contribution in [0.25, 0.3) is 21.3 Å². The van der Waals surface area contributed by atoms with Gasteiger partial charge < -0.3 is 14.8 Å². The fourth-order valence-electron chi connectivity index (χ4n) is 4.23. The summed E-state index contributed by atoms with van der Waals surface area (Å²) in [5.74, 6) is 0.774. The minimum atomic E-state index is -0.373. The summed E-state index contributed by atoms with van der Waals surface area (Å²) < 4.78 is 12.0. The number of aryl methyl sites for hydroxylation is 1. The van der Waals surface area contributed by atoms with Crippen LogP contribution in [0.5, 0.6) is 11.5 Å². The molecule has 0 radical (unpaired) electrons. The number of fused-ring (bicyclic) bond motifs is 2. The van der Waals surface area contributed by atoms with Crippen molar-refractivity contribution in [2.75, 3.05) is 19.5 Å². The molecule has 10 heteroatoms. The predicted molar refractivity (Wildman–Crippen MR) is 132 cm³/mol. The van der Waals surface area contributed by atoms with E-state index in [0.717, 1.165) is 40.8 Å². The molecule has 8 nitrogen and oxygen atoms in total. The Morgan fingerprint density at radius 2 is 2.09 bits per heavy atom. The Morgan fingerprint density at radius 1 is 1.26 bits per heavy atom. The summed E-state index contributed by atoms with van der Waals surface area (Å²) in [7, 11) is 3.12. The van der Waals surface area contributed by atoms with Crippen LogP contribution in [-0.2, 0) is 24.2 Å². The fraction of sp³-hybridized carbons (Fsp3) is 0.250. The monoisotopic (exact) mass is 492 g/mol. The Bertz CT molecular complexity index is 1530. The van der Waals surface area contributed by atoms with Crippen molar-refractivity contribution < 1.29 is 14.3 Å². The lowest BCUT2D eigenvalue weighted by Gasteiger charge is -2.10. The highest BCUT2D eigenvalue weighted by Gasteiger charge is 2.23. The number of nitriles is 1. The van der Waals surface area contributed by atoms with Gasteiger partial charge in [-0.25, -0.2) is 4.98 Å². The molecule has 172 valence electrons. The molecule has 3 heterocycles. The number of anilines is 1. The van der Waals surface area contributed by atoms with Crippen LogP contribution in [0, 0.1) is 11.3 Å². The quantitative estimate of drug-likeness (QED) is 0.432. The molecule has 1 N–H and O–H groups in total. The van der Waals surface area contributed by atoms with Crippen molar-refractivity contribution in [3.63, 3.8) is 0 Å².